The number of guanidine groups is 1. The Morgan fingerprint density at radius 3 is 2.41 bits per heavy atom. The van der Waals surface area contributed by atoms with E-state index in [1.165, 1.54) is 6.08 Å². The van der Waals surface area contributed by atoms with E-state index in [2.05, 4.69) is 21.8 Å². The third-order valence-electron chi connectivity index (χ3n) is 10.3. The number of carbonyl (C=O) groups is 1. The Hall–Kier alpha value is -4.28. The van der Waals surface area contributed by atoms with E-state index < -0.39 is 60.1 Å². The Kier molecular flexibility index (Phi) is 10.5. The molecule has 1 amide bonds. The number of hydrazone groups is 1. The van der Waals surface area contributed by atoms with Crippen molar-refractivity contribution >= 4 is 35.3 Å². The molecule has 2 aliphatic carbocycles. The number of amides is 1. The third-order valence-corrected chi connectivity index (χ3v) is 10.6. The van der Waals surface area contributed by atoms with E-state index in [1.54, 1.807) is 4.90 Å². The van der Waals surface area contributed by atoms with Gasteiger partial charge in [0.05, 0.1) is 36.1 Å². The molecule has 294 valence electrons. The number of alkyl carbamates (subject to hydrolysis) is 1. The van der Waals surface area contributed by atoms with Crippen molar-refractivity contribution in [3.05, 3.63) is 65.8 Å². The van der Waals surface area contributed by atoms with Crippen LogP contribution in [0.1, 0.15) is 89.1 Å². The number of ether oxygens (including phenoxy) is 1. The van der Waals surface area contributed by atoms with E-state index in [0.717, 1.165) is 35.0 Å². The molecule has 6 rings (SSSR count). The lowest BCUT2D eigenvalue weighted by atomic mass is 9.75. The van der Waals surface area contributed by atoms with Gasteiger partial charge in [-0.3, -0.25) is 5.01 Å². The molecule has 1 aromatic heterocycles. The number of nitrogens with two attached hydrogens (primary N) is 1. The van der Waals surface area contributed by atoms with Crippen LogP contribution in [0.25, 0.3) is 5.70 Å². The summed E-state index contributed by atoms with van der Waals surface area (Å²) in [5.41, 5.74) is 4.71. The number of rotatable bonds is 13. The molecule has 4 aliphatic rings. The Labute approximate surface area is 314 Å². The van der Waals surface area contributed by atoms with Gasteiger partial charge in [0, 0.05) is 6.04 Å². The first kappa shape index (κ1) is 39.4. The van der Waals surface area contributed by atoms with Crippen LogP contribution in [-0.2, 0) is 10.3 Å². The summed E-state index contributed by atoms with van der Waals surface area (Å²) in [5.74, 6) is -1.93. The SMILES string of the molecule is C=C(/C=C(\CCl)n1ncnc1C(F)F)C(COC(=O)NC1(C(F)(F)F)CC1)N1C[C@@](CC(C)(C)C)(c2ccc(C3C(F)=NN(C4CC4)C3C)cc2)N=C1N. The fourth-order valence-electron chi connectivity index (χ4n) is 7.44. The van der Waals surface area contributed by atoms with Crippen LogP contribution >= 0.6 is 11.6 Å². The predicted octanol–water partition coefficient (Wildman–Crippen LogP) is 7.24. The highest BCUT2D eigenvalue weighted by molar-refractivity contribution is 6.22. The number of halogens is 7. The number of aliphatic imine (C=N–C) groups is 1. The minimum atomic E-state index is -4.67. The number of carbonyl (C=O) groups excluding carboxylic acids is 1. The van der Waals surface area contributed by atoms with Gasteiger partial charge in [-0.2, -0.15) is 22.7 Å². The highest BCUT2D eigenvalue weighted by atomic mass is 35.5. The average molecular weight is 784 g/mol. The number of allylic oxidation sites excluding steroid dienone is 1. The summed E-state index contributed by atoms with van der Waals surface area (Å²) >= 11 is 6.18. The quantitative estimate of drug-likeness (QED) is 0.125. The molecule has 1 aromatic carbocycles. The van der Waals surface area contributed by atoms with E-state index in [9.17, 15) is 26.7 Å². The Bertz CT molecular complexity index is 1830. The third kappa shape index (κ3) is 7.91. The van der Waals surface area contributed by atoms with Crippen LogP contribution in [0.4, 0.5) is 31.1 Å². The van der Waals surface area contributed by atoms with E-state index in [1.807, 2.05) is 62.3 Å². The van der Waals surface area contributed by atoms with Gasteiger partial charge in [0.15, 0.2) is 11.8 Å². The lowest BCUT2D eigenvalue weighted by molar-refractivity contribution is -0.164. The Morgan fingerprint density at radius 1 is 1.19 bits per heavy atom. The summed E-state index contributed by atoms with van der Waals surface area (Å²) in [6, 6.07) is 6.52. The standard InChI is InChI=1S/C36H44ClF6N9O2/c1-20(14-25(15-37)52-30(28(38)39)45-19-46-52)26(16-54-32(53)48-35(12-13-35)36(41,42)43)50-18-34(47-31(50)44,17-33(3,4)5)23-8-6-22(7-9-23)27-21(2)51(24-10-11-24)49-29(27)40/h6-9,14,19,21,24,26-28H,1,10-13,15-18H2,2-5H3,(H2,44,47)(H,48,53)/b25-14+/t21?,26?,27?,34-/m0/s1. The molecule has 4 atom stereocenters. The molecule has 0 spiro atoms. The maximum atomic E-state index is 15.2. The molecule has 3 heterocycles. The molecule has 0 radical (unpaired) electrons. The van der Waals surface area contributed by atoms with Crippen LogP contribution in [-0.4, -0.2) is 91.6 Å². The highest BCUT2D eigenvalue weighted by Crippen LogP contribution is 2.49. The molecule has 3 unspecified atom stereocenters. The number of nitrogens with one attached hydrogen (secondary N) is 1. The average Bonchev–Trinajstić information content (AvgIpc) is 3.97. The molecule has 3 N–H and O–H groups in total. The van der Waals surface area contributed by atoms with Gasteiger partial charge in [0.25, 0.3) is 6.43 Å². The van der Waals surface area contributed by atoms with Crippen LogP contribution in [0.5, 0.6) is 0 Å². The first-order valence-corrected chi connectivity index (χ1v) is 18.2. The minimum absolute atomic E-state index is 0.0185. The smallest absolute Gasteiger partial charge is 0.411 e. The minimum Gasteiger partial charge on any atom is -0.447 e. The zero-order valence-electron chi connectivity index (χ0n) is 30.4. The van der Waals surface area contributed by atoms with Crippen molar-refractivity contribution in [2.75, 3.05) is 19.0 Å². The maximum absolute atomic E-state index is 15.2. The summed E-state index contributed by atoms with van der Waals surface area (Å²) in [6.45, 7) is 11.7. The molecule has 0 bridgehead atoms. The second kappa shape index (κ2) is 14.4. The van der Waals surface area contributed by atoms with Crippen molar-refractivity contribution in [1.29, 1.82) is 0 Å². The number of benzene rings is 1. The zero-order chi connectivity index (χ0) is 39.4. The molecule has 2 aliphatic heterocycles. The Balaban J connectivity index is 1.31. The lowest BCUT2D eigenvalue weighted by Crippen LogP contribution is -2.50. The summed E-state index contributed by atoms with van der Waals surface area (Å²) in [6.07, 6.45) is -4.79. The fourth-order valence-corrected chi connectivity index (χ4v) is 7.63. The van der Waals surface area contributed by atoms with Gasteiger partial charge in [-0.05, 0) is 67.2 Å². The van der Waals surface area contributed by atoms with Crippen molar-refractivity contribution in [1.82, 2.24) is 30.0 Å². The van der Waals surface area contributed by atoms with Gasteiger partial charge >= 0.3 is 12.3 Å². The second-order valence-electron chi connectivity index (χ2n) is 15.7. The first-order chi connectivity index (χ1) is 25.3. The molecule has 2 fully saturated rings. The van der Waals surface area contributed by atoms with Crippen molar-refractivity contribution in [2.45, 2.75) is 108 Å². The van der Waals surface area contributed by atoms with E-state index in [4.69, 9.17) is 27.1 Å². The number of aromatic nitrogens is 3. The second-order valence-corrected chi connectivity index (χ2v) is 16.0. The Morgan fingerprint density at radius 2 is 1.85 bits per heavy atom. The number of alkyl halides is 6. The molecular weight excluding hydrogens is 740 g/mol. The molecule has 0 saturated heterocycles. The summed E-state index contributed by atoms with van der Waals surface area (Å²) in [4.78, 5) is 23.0. The first-order valence-electron chi connectivity index (χ1n) is 17.7. The van der Waals surface area contributed by atoms with Gasteiger partial charge in [-0.1, -0.05) is 51.6 Å². The van der Waals surface area contributed by atoms with Crippen LogP contribution in [0, 0.1) is 5.41 Å². The number of hydrogen-bond donors (Lipinski definition) is 2. The molecule has 54 heavy (non-hydrogen) atoms. The fraction of sp³-hybridized carbons (Fsp3) is 0.583. The molecule has 2 saturated carbocycles. The van der Waals surface area contributed by atoms with E-state index in [-0.39, 0.29) is 60.0 Å². The van der Waals surface area contributed by atoms with Gasteiger partial charge < -0.3 is 20.7 Å². The van der Waals surface area contributed by atoms with Crippen LogP contribution < -0.4 is 11.1 Å². The van der Waals surface area contributed by atoms with Crippen LogP contribution in [0.3, 0.4) is 0 Å². The van der Waals surface area contributed by atoms with Crippen molar-refractivity contribution in [3.8, 4) is 0 Å². The molecule has 11 nitrogen and oxygen atoms in total. The van der Waals surface area contributed by atoms with E-state index in [0.29, 0.717) is 6.42 Å². The van der Waals surface area contributed by atoms with Gasteiger partial charge in [0.1, 0.15) is 24.0 Å². The monoisotopic (exact) mass is 783 g/mol. The zero-order valence-corrected chi connectivity index (χ0v) is 31.1. The van der Waals surface area contributed by atoms with Crippen LogP contribution in [0.2, 0.25) is 0 Å². The van der Waals surface area contributed by atoms with Gasteiger partial charge in [-0.25, -0.2) is 28.2 Å². The molecule has 2 aromatic rings. The topological polar surface area (TPSA) is 126 Å². The summed E-state index contributed by atoms with van der Waals surface area (Å²) in [7, 11) is 0. The van der Waals surface area contributed by atoms with Crippen molar-refractivity contribution in [2.24, 2.45) is 21.2 Å². The largest absolute Gasteiger partial charge is 0.447 e. The normalized spacial score (nSPS) is 24.8. The molecule has 18 heteroatoms. The lowest BCUT2D eigenvalue weighted by Gasteiger charge is -2.37. The van der Waals surface area contributed by atoms with Gasteiger partial charge in [0.2, 0.25) is 5.97 Å². The summed E-state index contributed by atoms with van der Waals surface area (Å²) < 4.78 is 89.8. The predicted molar refractivity (Wildman–Crippen MR) is 192 cm³/mol. The van der Waals surface area contributed by atoms with Crippen molar-refractivity contribution in [3.63, 3.8) is 0 Å². The number of hydrogen-bond acceptors (Lipinski definition) is 9. The highest BCUT2D eigenvalue weighted by Gasteiger charge is 2.64. The molecular formula is C36H44ClF6N9O2. The number of nitrogens with zero attached hydrogens (tertiary/aromatic N) is 7. The summed E-state index contributed by atoms with van der Waals surface area (Å²) in [5, 5.41) is 11.9. The van der Waals surface area contributed by atoms with Crippen molar-refractivity contribution < 1.29 is 35.9 Å². The van der Waals surface area contributed by atoms with Gasteiger partial charge in [-0.15, -0.1) is 16.7 Å². The van der Waals surface area contributed by atoms with E-state index >= 15 is 4.39 Å². The van der Waals surface area contributed by atoms with Crippen LogP contribution in [0.15, 0.2) is 58.9 Å². The maximum Gasteiger partial charge on any atom is 0.411 e.